The number of hydrogen-bond donors (Lipinski definition) is 10. The maximum absolute atomic E-state index is 4.63. The Morgan fingerprint density at radius 2 is 0.517 bits per heavy atom. The van der Waals surface area contributed by atoms with Gasteiger partial charge in [0.15, 0.2) is 0 Å². The van der Waals surface area contributed by atoms with E-state index < -0.39 is 0 Å². The van der Waals surface area contributed by atoms with Gasteiger partial charge in [0.05, 0.1) is 22.7 Å². The quantitative estimate of drug-likeness (QED) is 0.0375. The lowest BCUT2D eigenvalue weighted by Crippen LogP contribution is -2.07. The Morgan fingerprint density at radius 3 is 0.767 bits per heavy atom. The number of anilines is 12. The third kappa shape index (κ3) is 10.7. The molecule has 0 fully saturated rings. The molecule has 0 bridgehead atoms. The zero-order valence-electron chi connectivity index (χ0n) is 31.5. The van der Waals surface area contributed by atoms with Crippen molar-refractivity contribution in [2.45, 2.75) is 19.6 Å². The van der Waals surface area contributed by atoms with Crippen molar-refractivity contribution < 1.29 is 0 Å². The molecule has 0 saturated heterocycles. The van der Waals surface area contributed by atoms with Gasteiger partial charge in [-0.3, -0.25) is 0 Å². The summed E-state index contributed by atoms with van der Waals surface area (Å²) < 4.78 is 0. The first-order chi connectivity index (χ1) is 29.3. The lowest BCUT2D eigenvalue weighted by molar-refractivity contribution is 1.06. The predicted octanol–water partition coefficient (Wildman–Crippen LogP) is 11.8. The number of nitrogens with one attached hydrogen (secondary N) is 6. The number of hydrogen-bond acceptors (Lipinski definition) is 16. The number of thiol groups is 4. The van der Waals surface area contributed by atoms with Crippen LogP contribution in [0, 0.1) is 0 Å². The predicted molar refractivity (Wildman–Crippen MR) is 256 cm³/mol. The van der Waals surface area contributed by atoms with Gasteiger partial charge in [0, 0.05) is 31.0 Å². The Morgan fingerprint density at radius 1 is 0.283 bits per heavy atom. The largest absolute Gasteiger partial charge is 0.324 e. The van der Waals surface area contributed by atoms with Gasteiger partial charge in [0.2, 0.25) is 35.7 Å². The molecular weight excluding hydrogens is 825 g/mol. The highest BCUT2D eigenvalue weighted by Gasteiger charge is 2.12. The number of nitrogens with zero attached hydrogens (tertiary/aromatic N) is 6. The van der Waals surface area contributed by atoms with Gasteiger partial charge < -0.3 is 31.9 Å². The van der Waals surface area contributed by atoms with E-state index >= 15 is 0 Å². The minimum atomic E-state index is 0.344. The van der Waals surface area contributed by atoms with E-state index in [1.54, 1.807) is 0 Å². The minimum absolute atomic E-state index is 0.344. The smallest absolute Gasteiger partial charge is 0.233 e. The first kappa shape index (κ1) is 40.1. The second kappa shape index (κ2) is 18.9. The van der Waals surface area contributed by atoms with Crippen molar-refractivity contribution in [1.82, 2.24) is 29.9 Å². The summed E-state index contributed by atoms with van der Waals surface area (Å²) >= 11 is 18.3. The Balaban J connectivity index is 0.947. The van der Waals surface area contributed by atoms with Crippen LogP contribution in [-0.2, 0) is 0 Å². The molecule has 0 aliphatic carbocycles. The molecule has 0 amide bonds. The first-order valence-electron chi connectivity index (χ1n) is 18.4. The molecule has 12 nitrogen and oxygen atoms in total. The van der Waals surface area contributed by atoms with Crippen LogP contribution in [0.5, 0.6) is 0 Å². The zero-order chi connectivity index (χ0) is 41.3. The molecule has 0 aliphatic rings. The normalized spacial score (nSPS) is 10.9. The number of para-hydroxylation sites is 4. The summed E-state index contributed by atoms with van der Waals surface area (Å²) in [5.41, 5.74) is 6.68. The molecule has 8 aromatic rings. The molecule has 0 radical (unpaired) electrons. The van der Waals surface area contributed by atoms with Crippen molar-refractivity contribution in [2.24, 2.45) is 0 Å². The van der Waals surface area contributed by atoms with Crippen LogP contribution in [0.25, 0.3) is 12.2 Å². The molecular formula is C44H36N12S4. The van der Waals surface area contributed by atoms with Crippen LogP contribution < -0.4 is 31.9 Å². The Labute approximate surface area is 368 Å². The molecule has 0 saturated carbocycles. The highest BCUT2D eigenvalue weighted by atomic mass is 32.1. The van der Waals surface area contributed by atoms with Crippen molar-refractivity contribution in [3.8, 4) is 0 Å². The standard InChI is InChI=1S/C44H36N12S4/c57-35-13-5-1-9-31(35)47-41-51-39(52-42(55-41)48-32-10-2-6-14-36(32)58)45-29-23-19-27(20-24-29)17-18-28-21-25-30(26-22-28)46-40-53-43(49-33-11-3-7-15-37(33)59)56-44(54-40)50-34-12-4-8-16-38(34)60/h1-26,57-60H,(H3,45,47,48,51,52,55)(H3,46,49,50,53,54,56). The lowest BCUT2D eigenvalue weighted by Gasteiger charge is -2.13. The summed E-state index contributed by atoms with van der Waals surface area (Å²) in [6.07, 6.45) is 4.09. The number of benzene rings is 6. The van der Waals surface area contributed by atoms with Gasteiger partial charge in [-0.25, -0.2) is 0 Å². The van der Waals surface area contributed by atoms with Crippen LogP contribution in [0.3, 0.4) is 0 Å². The molecule has 6 aromatic carbocycles. The third-order valence-electron chi connectivity index (χ3n) is 8.67. The van der Waals surface area contributed by atoms with E-state index in [-0.39, 0.29) is 0 Å². The van der Waals surface area contributed by atoms with Gasteiger partial charge in [-0.05, 0) is 83.9 Å². The molecule has 0 spiro atoms. The highest BCUT2D eigenvalue weighted by molar-refractivity contribution is 7.81. The average molecular weight is 861 g/mol. The Bertz CT molecular complexity index is 2470. The zero-order valence-corrected chi connectivity index (χ0v) is 35.1. The molecule has 2 heterocycles. The Hall–Kier alpha value is -6.72. The van der Waals surface area contributed by atoms with E-state index in [1.165, 1.54) is 0 Å². The van der Waals surface area contributed by atoms with E-state index in [4.69, 9.17) is 0 Å². The van der Waals surface area contributed by atoms with Crippen molar-refractivity contribution in [3.63, 3.8) is 0 Å². The molecule has 8 rings (SSSR count). The van der Waals surface area contributed by atoms with Crippen LogP contribution in [0.4, 0.5) is 69.8 Å². The molecule has 0 unspecified atom stereocenters. The van der Waals surface area contributed by atoms with Crippen LogP contribution in [0.15, 0.2) is 165 Å². The summed E-state index contributed by atoms with van der Waals surface area (Å²) in [5, 5.41) is 19.6. The van der Waals surface area contributed by atoms with Crippen LogP contribution in [0.2, 0.25) is 0 Å². The fraction of sp³-hybridized carbons (Fsp3) is 0. The van der Waals surface area contributed by atoms with Gasteiger partial charge in [-0.15, -0.1) is 50.5 Å². The van der Waals surface area contributed by atoms with Gasteiger partial charge in [0.25, 0.3) is 0 Å². The highest BCUT2D eigenvalue weighted by Crippen LogP contribution is 2.29. The van der Waals surface area contributed by atoms with Gasteiger partial charge in [0.1, 0.15) is 0 Å². The van der Waals surface area contributed by atoms with Crippen LogP contribution in [0.1, 0.15) is 11.1 Å². The molecule has 6 N–H and O–H groups in total. The molecule has 16 heteroatoms. The summed E-state index contributed by atoms with van der Waals surface area (Å²) in [5.74, 6) is 2.08. The number of aromatic nitrogens is 6. The van der Waals surface area contributed by atoms with Crippen molar-refractivity contribution in [1.29, 1.82) is 0 Å². The fourth-order valence-corrected chi connectivity index (χ4v) is 6.56. The summed E-state index contributed by atoms with van der Waals surface area (Å²) in [7, 11) is 0. The van der Waals surface area contributed by atoms with Crippen LogP contribution in [-0.4, -0.2) is 29.9 Å². The molecule has 296 valence electrons. The van der Waals surface area contributed by atoms with Crippen LogP contribution >= 0.6 is 50.5 Å². The fourth-order valence-electron chi connectivity index (χ4n) is 5.69. The SMILES string of the molecule is Sc1ccccc1Nc1nc(Nc2ccc(C=Cc3ccc(Nc4nc(Nc5ccccc5S)nc(Nc5ccccc5S)n4)cc3)cc2)nc(Nc2ccccc2S)n1. The second-order valence-corrected chi connectivity index (χ2v) is 14.9. The summed E-state index contributed by atoms with van der Waals surface area (Å²) in [6, 6.07) is 46.4. The van der Waals surface area contributed by atoms with E-state index in [0.29, 0.717) is 35.7 Å². The average Bonchev–Trinajstić information content (AvgIpc) is 3.24. The van der Waals surface area contributed by atoms with Crippen molar-refractivity contribution >= 4 is 132 Å². The maximum Gasteiger partial charge on any atom is 0.233 e. The Kier molecular flexibility index (Phi) is 12.6. The maximum atomic E-state index is 4.63. The number of rotatable bonds is 14. The molecule has 2 aromatic heterocycles. The summed E-state index contributed by atoms with van der Waals surface area (Å²) in [6.45, 7) is 0. The lowest BCUT2D eigenvalue weighted by atomic mass is 10.1. The van der Waals surface area contributed by atoms with Crippen molar-refractivity contribution in [2.75, 3.05) is 31.9 Å². The van der Waals surface area contributed by atoms with E-state index in [9.17, 15) is 0 Å². The van der Waals surface area contributed by atoms with E-state index in [0.717, 1.165) is 64.8 Å². The topological polar surface area (TPSA) is 150 Å². The van der Waals surface area contributed by atoms with Gasteiger partial charge in [-0.1, -0.05) is 84.9 Å². The van der Waals surface area contributed by atoms with Crippen molar-refractivity contribution in [3.05, 3.63) is 157 Å². The molecule has 60 heavy (non-hydrogen) atoms. The van der Waals surface area contributed by atoms with Gasteiger partial charge >= 0.3 is 0 Å². The monoisotopic (exact) mass is 860 g/mol. The van der Waals surface area contributed by atoms with E-state index in [2.05, 4.69) is 112 Å². The molecule has 0 aliphatic heterocycles. The minimum Gasteiger partial charge on any atom is -0.324 e. The molecule has 0 atom stereocenters. The third-order valence-corrected chi connectivity index (χ3v) is 10.2. The van der Waals surface area contributed by atoms with Gasteiger partial charge in [-0.2, -0.15) is 29.9 Å². The summed E-state index contributed by atoms with van der Waals surface area (Å²) in [4.78, 5) is 30.8. The van der Waals surface area contributed by atoms with E-state index in [1.807, 2.05) is 158 Å². The second-order valence-electron chi connectivity index (χ2n) is 13.0. The first-order valence-corrected chi connectivity index (χ1v) is 20.2.